The quantitative estimate of drug-likeness (QED) is 0.653. The van der Waals surface area contributed by atoms with Crippen LogP contribution in [0.25, 0.3) is 5.69 Å². The van der Waals surface area contributed by atoms with Crippen molar-refractivity contribution in [2.45, 2.75) is 20.8 Å². The van der Waals surface area contributed by atoms with Gasteiger partial charge in [0.1, 0.15) is 28.2 Å². The SMILES string of the molecule is CCN(CC)C(=O)c1cnn(-c2ccccc2)c1Nc1cc(Cl)nc(C)n1. The molecule has 0 aliphatic carbocycles. The zero-order valence-electron chi connectivity index (χ0n) is 15.5. The summed E-state index contributed by atoms with van der Waals surface area (Å²) in [5.74, 6) is 1.47. The van der Waals surface area contributed by atoms with Crippen LogP contribution in [0.1, 0.15) is 30.0 Å². The van der Waals surface area contributed by atoms with Crippen LogP contribution in [-0.2, 0) is 0 Å². The molecule has 0 atom stereocenters. The van der Waals surface area contributed by atoms with Gasteiger partial charge in [-0.15, -0.1) is 0 Å². The molecule has 1 amide bonds. The van der Waals surface area contributed by atoms with Crippen molar-refractivity contribution in [3.05, 3.63) is 59.1 Å². The van der Waals surface area contributed by atoms with Gasteiger partial charge in [-0.05, 0) is 32.9 Å². The van der Waals surface area contributed by atoms with E-state index in [0.29, 0.717) is 41.3 Å². The maximum Gasteiger partial charge on any atom is 0.259 e. The van der Waals surface area contributed by atoms with Crippen LogP contribution in [0.15, 0.2) is 42.6 Å². The van der Waals surface area contributed by atoms with Gasteiger partial charge in [0.15, 0.2) is 0 Å². The van der Waals surface area contributed by atoms with E-state index in [1.54, 1.807) is 28.8 Å². The molecule has 2 heterocycles. The first kappa shape index (κ1) is 18.8. The standard InChI is InChI=1S/C19H21ClN6O/c1-4-25(5-2)19(27)15-12-21-26(14-9-7-6-8-10-14)18(15)24-17-11-16(20)22-13(3)23-17/h6-12H,4-5H2,1-3H3,(H,22,23,24). The van der Waals surface area contributed by atoms with Crippen molar-refractivity contribution in [3.8, 4) is 5.69 Å². The number of hydrogen-bond acceptors (Lipinski definition) is 5. The molecule has 0 spiro atoms. The van der Waals surface area contributed by atoms with E-state index < -0.39 is 0 Å². The van der Waals surface area contributed by atoms with E-state index in [2.05, 4.69) is 20.4 Å². The molecule has 0 radical (unpaired) electrons. The lowest BCUT2D eigenvalue weighted by molar-refractivity contribution is 0.0774. The van der Waals surface area contributed by atoms with Crippen LogP contribution in [0.5, 0.6) is 0 Å². The number of rotatable bonds is 6. The third-order valence-electron chi connectivity index (χ3n) is 4.10. The Kier molecular flexibility index (Phi) is 5.71. The predicted molar refractivity (Wildman–Crippen MR) is 106 cm³/mol. The number of nitrogens with zero attached hydrogens (tertiary/aromatic N) is 5. The van der Waals surface area contributed by atoms with Gasteiger partial charge in [0, 0.05) is 19.2 Å². The molecule has 1 N–H and O–H groups in total. The van der Waals surface area contributed by atoms with Gasteiger partial charge >= 0.3 is 0 Å². The third-order valence-corrected chi connectivity index (χ3v) is 4.30. The normalized spacial score (nSPS) is 10.7. The molecule has 1 aromatic carbocycles. The Bertz CT molecular complexity index is 916. The van der Waals surface area contributed by atoms with Crippen LogP contribution in [0, 0.1) is 6.92 Å². The first-order valence-electron chi connectivity index (χ1n) is 8.74. The molecule has 0 aliphatic rings. The minimum absolute atomic E-state index is 0.0958. The summed E-state index contributed by atoms with van der Waals surface area (Å²) in [4.78, 5) is 23.1. The zero-order valence-corrected chi connectivity index (χ0v) is 16.2. The Labute approximate surface area is 163 Å². The molecule has 0 fully saturated rings. The number of nitrogens with one attached hydrogen (secondary N) is 1. The van der Waals surface area contributed by atoms with E-state index in [1.165, 1.54) is 0 Å². The fraction of sp³-hybridized carbons (Fsp3) is 0.263. The zero-order chi connectivity index (χ0) is 19.4. The van der Waals surface area contributed by atoms with Crippen LogP contribution >= 0.6 is 11.6 Å². The van der Waals surface area contributed by atoms with Gasteiger partial charge in [-0.3, -0.25) is 4.79 Å². The maximum absolute atomic E-state index is 13.0. The lowest BCUT2D eigenvalue weighted by atomic mass is 10.2. The fourth-order valence-electron chi connectivity index (χ4n) is 2.79. The maximum atomic E-state index is 13.0. The van der Waals surface area contributed by atoms with E-state index in [-0.39, 0.29) is 5.91 Å². The Hall–Kier alpha value is -2.93. The molecule has 140 valence electrons. The molecule has 0 bridgehead atoms. The largest absolute Gasteiger partial charge is 0.339 e. The van der Waals surface area contributed by atoms with Crippen molar-refractivity contribution in [3.63, 3.8) is 0 Å². The number of hydrogen-bond donors (Lipinski definition) is 1. The number of carbonyl (C=O) groups excluding carboxylic acids is 1. The van der Waals surface area contributed by atoms with Gasteiger partial charge in [0.25, 0.3) is 5.91 Å². The highest BCUT2D eigenvalue weighted by Gasteiger charge is 2.22. The highest BCUT2D eigenvalue weighted by atomic mass is 35.5. The van der Waals surface area contributed by atoms with E-state index in [4.69, 9.17) is 11.6 Å². The summed E-state index contributed by atoms with van der Waals surface area (Å²) in [7, 11) is 0. The van der Waals surface area contributed by atoms with E-state index >= 15 is 0 Å². The third kappa shape index (κ3) is 4.09. The summed E-state index contributed by atoms with van der Waals surface area (Å²) in [5, 5.41) is 7.96. The van der Waals surface area contributed by atoms with E-state index in [1.807, 2.05) is 44.2 Å². The van der Waals surface area contributed by atoms with Gasteiger partial charge in [-0.2, -0.15) is 5.10 Å². The summed E-state index contributed by atoms with van der Waals surface area (Å²) < 4.78 is 1.68. The van der Waals surface area contributed by atoms with Crippen molar-refractivity contribution in [1.82, 2.24) is 24.6 Å². The first-order valence-corrected chi connectivity index (χ1v) is 9.12. The molecule has 0 unspecified atom stereocenters. The monoisotopic (exact) mass is 384 g/mol. The second-order valence-electron chi connectivity index (χ2n) is 5.88. The van der Waals surface area contributed by atoms with Crippen molar-refractivity contribution < 1.29 is 4.79 Å². The molecule has 3 aromatic rings. The van der Waals surface area contributed by atoms with Gasteiger partial charge < -0.3 is 10.2 Å². The number of halogens is 1. The van der Waals surface area contributed by atoms with Crippen LogP contribution < -0.4 is 5.32 Å². The van der Waals surface area contributed by atoms with Gasteiger partial charge in [0.2, 0.25) is 0 Å². The number of anilines is 2. The van der Waals surface area contributed by atoms with Crippen molar-refractivity contribution in [2.24, 2.45) is 0 Å². The number of aryl methyl sites for hydroxylation is 1. The molecule has 3 rings (SSSR count). The van der Waals surface area contributed by atoms with Crippen molar-refractivity contribution >= 4 is 29.1 Å². The Morgan fingerprint density at radius 1 is 1.19 bits per heavy atom. The molecule has 27 heavy (non-hydrogen) atoms. The van der Waals surface area contributed by atoms with Crippen LogP contribution in [0.4, 0.5) is 11.6 Å². The molecular formula is C19H21ClN6O. The average Bonchev–Trinajstić information content (AvgIpc) is 3.06. The lowest BCUT2D eigenvalue weighted by Crippen LogP contribution is -2.30. The number of amides is 1. The highest BCUT2D eigenvalue weighted by Crippen LogP contribution is 2.25. The molecule has 2 aromatic heterocycles. The van der Waals surface area contributed by atoms with E-state index in [9.17, 15) is 4.79 Å². The van der Waals surface area contributed by atoms with Crippen molar-refractivity contribution in [2.75, 3.05) is 18.4 Å². The average molecular weight is 385 g/mol. The fourth-order valence-corrected chi connectivity index (χ4v) is 3.01. The first-order chi connectivity index (χ1) is 13.0. The highest BCUT2D eigenvalue weighted by molar-refractivity contribution is 6.29. The molecular weight excluding hydrogens is 364 g/mol. The Morgan fingerprint density at radius 2 is 1.89 bits per heavy atom. The second-order valence-corrected chi connectivity index (χ2v) is 6.27. The van der Waals surface area contributed by atoms with Crippen LogP contribution in [-0.4, -0.2) is 43.6 Å². The van der Waals surface area contributed by atoms with Crippen molar-refractivity contribution in [1.29, 1.82) is 0 Å². The topological polar surface area (TPSA) is 75.9 Å². The Balaban J connectivity index is 2.09. The summed E-state index contributed by atoms with van der Waals surface area (Å²) >= 11 is 6.06. The molecule has 8 heteroatoms. The predicted octanol–water partition coefficient (Wildman–Crippen LogP) is 3.85. The van der Waals surface area contributed by atoms with Gasteiger partial charge in [0.05, 0.1) is 11.9 Å². The van der Waals surface area contributed by atoms with Crippen LogP contribution in [0.3, 0.4) is 0 Å². The van der Waals surface area contributed by atoms with Crippen LogP contribution in [0.2, 0.25) is 5.15 Å². The number of benzene rings is 1. The summed E-state index contributed by atoms with van der Waals surface area (Å²) in [6.07, 6.45) is 1.58. The molecule has 0 saturated carbocycles. The van der Waals surface area contributed by atoms with Gasteiger partial charge in [-0.1, -0.05) is 29.8 Å². The second kappa shape index (κ2) is 8.18. The smallest absolute Gasteiger partial charge is 0.259 e. The minimum Gasteiger partial charge on any atom is -0.339 e. The summed E-state index contributed by atoms with van der Waals surface area (Å²) in [5.41, 5.74) is 1.30. The summed E-state index contributed by atoms with van der Waals surface area (Å²) in [6, 6.07) is 11.2. The molecule has 0 aliphatic heterocycles. The summed E-state index contributed by atoms with van der Waals surface area (Å²) in [6.45, 7) is 6.88. The molecule has 0 saturated heterocycles. The lowest BCUT2D eigenvalue weighted by Gasteiger charge is -2.19. The Morgan fingerprint density at radius 3 is 2.52 bits per heavy atom. The molecule has 7 nitrogen and oxygen atoms in total. The number of aromatic nitrogens is 4. The number of para-hydroxylation sites is 1. The van der Waals surface area contributed by atoms with E-state index in [0.717, 1.165) is 5.69 Å². The minimum atomic E-state index is -0.0958. The van der Waals surface area contributed by atoms with Gasteiger partial charge in [-0.25, -0.2) is 14.6 Å². The number of carbonyl (C=O) groups is 1.